The summed E-state index contributed by atoms with van der Waals surface area (Å²) >= 11 is 0. The zero-order valence-corrected chi connectivity index (χ0v) is 10.2. The molecule has 0 bridgehead atoms. The maximum atomic E-state index is 12.0. The molecule has 0 aliphatic carbocycles. The van der Waals surface area contributed by atoms with Crippen LogP contribution in [-0.2, 0) is 0 Å². The highest BCUT2D eigenvalue weighted by Crippen LogP contribution is 2.27. The van der Waals surface area contributed by atoms with Crippen LogP contribution >= 0.6 is 0 Å². The smallest absolute Gasteiger partial charge is 0.291 e. The summed E-state index contributed by atoms with van der Waals surface area (Å²) in [6.07, 6.45) is 1.48. The van der Waals surface area contributed by atoms with E-state index in [0.29, 0.717) is 17.1 Å². The van der Waals surface area contributed by atoms with Gasteiger partial charge in [-0.15, -0.1) is 0 Å². The van der Waals surface area contributed by atoms with Crippen LogP contribution in [0.5, 0.6) is 5.75 Å². The molecule has 5 heteroatoms. The summed E-state index contributed by atoms with van der Waals surface area (Å²) in [5.74, 6) is 0.474. The molecule has 0 saturated heterocycles. The van der Waals surface area contributed by atoms with Crippen molar-refractivity contribution in [1.82, 2.24) is 0 Å². The zero-order valence-electron chi connectivity index (χ0n) is 10.2. The fraction of sp³-hybridized carbons (Fsp3) is 0.154. The lowest BCUT2D eigenvalue weighted by molar-refractivity contribution is 0.0995. The molecule has 0 aliphatic heterocycles. The van der Waals surface area contributed by atoms with Crippen molar-refractivity contribution in [1.29, 1.82) is 0 Å². The Balaban J connectivity index is 2.24. The van der Waals surface area contributed by atoms with Crippen LogP contribution in [0.1, 0.15) is 16.1 Å². The van der Waals surface area contributed by atoms with Gasteiger partial charge < -0.3 is 20.2 Å². The molecular weight excluding hydrogens is 232 g/mol. The normalized spacial score (nSPS) is 10.1. The minimum absolute atomic E-state index is 0.286. The van der Waals surface area contributed by atoms with Crippen LogP contribution in [0.25, 0.3) is 0 Å². The summed E-state index contributed by atoms with van der Waals surface area (Å²) in [5.41, 5.74) is 7.54. The van der Waals surface area contributed by atoms with E-state index in [1.54, 1.807) is 31.2 Å². The Morgan fingerprint density at radius 1 is 1.39 bits per heavy atom. The number of nitrogens with two attached hydrogens (primary N) is 1. The summed E-state index contributed by atoms with van der Waals surface area (Å²) in [6.45, 7) is 1.80. The Bertz CT molecular complexity index is 575. The van der Waals surface area contributed by atoms with Crippen LogP contribution < -0.4 is 15.8 Å². The maximum absolute atomic E-state index is 12.0. The number of methoxy groups -OCH3 is 1. The molecule has 0 fully saturated rings. The number of aryl methyl sites for hydroxylation is 1. The van der Waals surface area contributed by atoms with Crippen LogP contribution in [0.2, 0.25) is 0 Å². The van der Waals surface area contributed by atoms with E-state index in [2.05, 4.69) is 5.32 Å². The van der Waals surface area contributed by atoms with Gasteiger partial charge in [0.15, 0.2) is 5.76 Å². The van der Waals surface area contributed by atoms with Crippen molar-refractivity contribution in [2.24, 2.45) is 0 Å². The number of hydrogen-bond donors (Lipinski definition) is 2. The summed E-state index contributed by atoms with van der Waals surface area (Å²) < 4.78 is 10.3. The molecule has 3 N–H and O–H groups in total. The van der Waals surface area contributed by atoms with Gasteiger partial charge in [-0.2, -0.15) is 0 Å². The first-order valence-corrected chi connectivity index (χ1v) is 5.41. The van der Waals surface area contributed by atoms with Gasteiger partial charge in [0, 0.05) is 17.3 Å². The quantitative estimate of drug-likeness (QED) is 0.815. The van der Waals surface area contributed by atoms with E-state index >= 15 is 0 Å². The lowest BCUT2D eigenvalue weighted by Gasteiger charge is -2.10. The Morgan fingerprint density at radius 3 is 2.78 bits per heavy atom. The van der Waals surface area contributed by atoms with Crippen LogP contribution in [0.3, 0.4) is 0 Å². The van der Waals surface area contributed by atoms with E-state index in [1.165, 1.54) is 13.4 Å². The standard InChI is InChI=1S/C13H14N2O3/c1-8-5-6-18-12(8)13(16)15-10-4-3-9(14)7-11(10)17-2/h3-7H,14H2,1-2H3,(H,15,16). The number of carbonyl (C=O) groups is 1. The van der Waals surface area contributed by atoms with Gasteiger partial charge in [0.2, 0.25) is 0 Å². The highest BCUT2D eigenvalue weighted by atomic mass is 16.5. The Hall–Kier alpha value is -2.43. The monoisotopic (exact) mass is 246 g/mol. The molecule has 0 saturated carbocycles. The van der Waals surface area contributed by atoms with Crippen LogP contribution in [0.4, 0.5) is 11.4 Å². The number of anilines is 2. The van der Waals surface area contributed by atoms with E-state index in [4.69, 9.17) is 14.9 Å². The number of furan rings is 1. The van der Waals surface area contributed by atoms with Crippen LogP contribution in [0.15, 0.2) is 34.9 Å². The van der Waals surface area contributed by atoms with Gasteiger partial charge in [-0.25, -0.2) is 0 Å². The van der Waals surface area contributed by atoms with Crippen molar-refractivity contribution in [3.63, 3.8) is 0 Å². The minimum Gasteiger partial charge on any atom is -0.494 e. The molecule has 0 unspecified atom stereocenters. The van der Waals surface area contributed by atoms with Gasteiger partial charge in [-0.1, -0.05) is 0 Å². The summed E-state index contributed by atoms with van der Waals surface area (Å²) in [6, 6.07) is 6.75. The van der Waals surface area contributed by atoms with Gasteiger partial charge in [0.05, 0.1) is 19.1 Å². The molecule has 2 rings (SSSR count). The predicted molar refractivity (Wildman–Crippen MR) is 68.8 cm³/mol. The van der Waals surface area contributed by atoms with Gasteiger partial charge in [0.25, 0.3) is 5.91 Å². The highest BCUT2D eigenvalue weighted by Gasteiger charge is 2.14. The second kappa shape index (κ2) is 4.83. The van der Waals surface area contributed by atoms with Crippen molar-refractivity contribution >= 4 is 17.3 Å². The van der Waals surface area contributed by atoms with Crippen molar-refractivity contribution in [2.45, 2.75) is 6.92 Å². The fourth-order valence-electron chi connectivity index (χ4n) is 1.60. The van der Waals surface area contributed by atoms with E-state index in [1.807, 2.05) is 0 Å². The molecule has 18 heavy (non-hydrogen) atoms. The number of nitrogens with one attached hydrogen (secondary N) is 1. The molecule has 1 aromatic heterocycles. The van der Waals surface area contributed by atoms with Gasteiger partial charge in [-0.05, 0) is 25.1 Å². The van der Waals surface area contributed by atoms with Crippen molar-refractivity contribution in [3.8, 4) is 5.75 Å². The second-order valence-electron chi connectivity index (χ2n) is 3.85. The number of benzene rings is 1. The van der Waals surface area contributed by atoms with E-state index in [-0.39, 0.29) is 11.7 Å². The van der Waals surface area contributed by atoms with Crippen molar-refractivity contribution in [2.75, 3.05) is 18.2 Å². The molecule has 1 aromatic carbocycles. The number of ether oxygens (including phenoxy) is 1. The van der Waals surface area contributed by atoms with E-state index in [0.717, 1.165) is 5.56 Å². The van der Waals surface area contributed by atoms with Crippen molar-refractivity contribution < 1.29 is 13.9 Å². The molecule has 0 radical (unpaired) electrons. The number of nitrogen functional groups attached to an aromatic ring is 1. The molecule has 5 nitrogen and oxygen atoms in total. The van der Waals surface area contributed by atoms with Crippen LogP contribution in [0, 0.1) is 6.92 Å². The first kappa shape index (κ1) is 12.0. The average Bonchev–Trinajstić information content (AvgIpc) is 2.77. The van der Waals surface area contributed by atoms with Crippen LogP contribution in [-0.4, -0.2) is 13.0 Å². The number of rotatable bonds is 3. The van der Waals surface area contributed by atoms with E-state index < -0.39 is 0 Å². The van der Waals surface area contributed by atoms with Gasteiger partial charge in [-0.3, -0.25) is 4.79 Å². The zero-order chi connectivity index (χ0) is 13.1. The molecule has 1 amide bonds. The maximum Gasteiger partial charge on any atom is 0.291 e. The second-order valence-corrected chi connectivity index (χ2v) is 3.85. The Kier molecular flexibility index (Phi) is 3.23. The Morgan fingerprint density at radius 2 is 2.17 bits per heavy atom. The summed E-state index contributed by atoms with van der Waals surface area (Å²) in [5, 5.41) is 2.72. The first-order valence-electron chi connectivity index (χ1n) is 5.41. The number of carbonyl (C=O) groups excluding carboxylic acids is 1. The van der Waals surface area contributed by atoms with Gasteiger partial charge >= 0.3 is 0 Å². The molecule has 0 atom stereocenters. The average molecular weight is 246 g/mol. The SMILES string of the molecule is COc1cc(N)ccc1NC(=O)c1occc1C. The number of amides is 1. The summed E-state index contributed by atoms with van der Waals surface area (Å²) in [7, 11) is 1.52. The fourth-order valence-corrected chi connectivity index (χ4v) is 1.60. The third-order valence-electron chi connectivity index (χ3n) is 2.54. The largest absolute Gasteiger partial charge is 0.494 e. The molecule has 94 valence electrons. The molecule has 2 aromatic rings. The lowest BCUT2D eigenvalue weighted by Crippen LogP contribution is -2.13. The molecule has 1 heterocycles. The predicted octanol–water partition coefficient (Wildman–Crippen LogP) is 2.43. The topological polar surface area (TPSA) is 77.5 Å². The highest BCUT2D eigenvalue weighted by molar-refractivity contribution is 6.04. The molecule has 0 spiro atoms. The van der Waals surface area contributed by atoms with Crippen molar-refractivity contribution in [3.05, 3.63) is 41.9 Å². The minimum atomic E-state index is -0.319. The third kappa shape index (κ3) is 2.29. The third-order valence-corrected chi connectivity index (χ3v) is 2.54. The molecule has 0 aliphatic rings. The Labute approximate surface area is 105 Å². The molecular formula is C13H14N2O3. The lowest BCUT2D eigenvalue weighted by atomic mass is 10.2. The van der Waals surface area contributed by atoms with E-state index in [9.17, 15) is 4.79 Å². The first-order chi connectivity index (χ1) is 8.61. The number of hydrogen-bond acceptors (Lipinski definition) is 4. The van der Waals surface area contributed by atoms with Gasteiger partial charge in [0.1, 0.15) is 5.75 Å². The summed E-state index contributed by atoms with van der Waals surface area (Å²) in [4.78, 5) is 12.0.